The zero-order valence-corrected chi connectivity index (χ0v) is 15.2. The summed E-state index contributed by atoms with van der Waals surface area (Å²) in [5.41, 5.74) is 3.71. The molecule has 0 amide bonds. The quantitative estimate of drug-likeness (QED) is 0.531. The number of hydrogen-bond acceptors (Lipinski definition) is 6. The standard InChI is InChI=1S/C20H16N6O2/c1-12-22-10-16(23-12)18-19(24-15-6-3-13(9-21)4-7-15)26-11-14(20(27)28-2)5-8-17(26)25-18/h3-8,10-11,24H,1-2H3,(H,22,23). The van der Waals surface area contributed by atoms with E-state index in [1.54, 1.807) is 41.1 Å². The first-order valence-electron chi connectivity index (χ1n) is 8.49. The number of aromatic amines is 1. The van der Waals surface area contributed by atoms with Crippen molar-refractivity contribution in [2.45, 2.75) is 6.92 Å². The highest BCUT2D eigenvalue weighted by atomic mass is 16.5. The van der Waals surface area contributed by atoms with E-state index in [9.17, 15) is 4.79 Å². The number of imidazole rings is 2. The molecule has 1 aromatic carbocycles. The van der Waals surface area contributed by atoms with Crippen LogP contribution in [-0.2, 0) is 4.74 Å². The van der Waals surface area contributed by atoms with Crippen LogP contribution in [0.4, 0.5) is 11.5 Å². The number of fused-ring (bicyclic) bond motifs is 1. The van der Waals surface area contributed by atoms with Gasteiger partial charge in [-0.1, -0.05) is 0 Å². The third kappa shape index (κ3) is 3.05. The first-order chi connectivity index (χ1) is 13.6. The lowest BCUT2D eigenvalue weighted by Gasteiger charge is -2.09. The van der Waals surface area contributed by atoms with E-state index in [4.69, 9.17) is 10.00 Å². The summed E-state index contributed by atoms with van der Waals surface area (Å²) in [5, 5.41) is 12.3. The number of methoxy groups -OCH3 is 1. The van der Waals surface area contributed by atoms with E-state index < -0.39 is 5.97 Å². The predicted molar refractivity (Wildman–Crippen MR) is 103 cm³/mol. The second-order valence-electron chi connectivity index (χ2n) is 6.13. The summed E-state index contributed by atoms with van der Waals surface area (Å²) < 4.78 is 6.60. The van der Waals surface area contributed by atoms with E-state index in [1.165, 1.54) is 7.11 Å². The minimum Gasteiger partial charge on any atom is -0.465 e. The molecule has 0 radical (unpaired) electrons. The molecule has 0 fully saturated rings. The predicted octanol–water partition coefficient (Wildman–Crippen LogP) is 3.43. The van der Waals surface area contributed by atoms with Crippen LogP contribution in [-0.4, -0.2) is 32.4 Å². The molecule has 0 unspecified atom stereocenters. The van der Waals surface area contributed by atoms with Crippen molar-refractivity contribution in [3.8, 4) is 17.5 Å². The zero-order valence-electron chi connectivity index (χ0n) is 15.2. The fraction of sp³-hybridized carbons (Fsp3) is 0.100. The fourth-order valence-corrected chi connectivity index (χ4v) is 2.89. The molecule has 8 nitrogen and oxygen atoms in total. The maximum Gasteiger partial charge on any atom is 0.339 e. The first kappa shape index (κ1) is 17.3. The Kier molecular flexibility index (Phi) is 4.26. The molecule has 0 atom stereocenters. The molecule has 8 heteroatoms. The zero-order chi connectivity index (χ0) is 19.7. The molecule has 28 heavy (non-hydrogen) atoms. The van der Waals surface area contributed by atoms with Gasteiger partial charge >= 0.3 is 5.97 Å². The van der Waals surface area contributed by atoms with E-state index in [0.717, 1.165) is 11.5 Å². The smallest absolute Gasteiger partial charge is 0.339 e. The number of anilines is 2. The van der Waals surface area contributed by atoms with Crippen molar-refractivity contribution in [1.82, 2.24) is 19.4 Å². The Labute approximate surface area is 160 Å². The number of carbonyl (C=O) groups is 1. The number of rotatable bonds is 4. The van der Waals surface area contributed by atoms with Gasteiger partial charge in [-0.05, 0) is 43.3 Å². The maximum atomic E-state index is 12.0. The summed E-state index contributed by atoms with van der Waals surface area (Å²) in [6, 6.07) is 12.6. The van der Waals surface area contributed by atoms with E-state index >= 15 is 0 Å². The number of hydrogen-bond donors (Lipinski definition) is 2. The Morgan fingerprint density at radius 1 is 1.21 bits per heavy atom. The molecule has 0 aliphatic rings. The number of pyridine rings is 1. The van der Waals surface area contributed by atoms with E-state index in [1.807, 2.05) is 19.1 Å². The number of carbonyl (C=O) groups excluding carboxylic acids is 1. The topological polar surface area (TPSA) is 108 Å². The van der Waals surface area contributed by atoms with Crippen molar-refractivity contribution in [2.24, 2.45) is 0 Å². The monoisotopic (exact) mass is 372 g/mol. The minimum atomic E-state index is -0.433. The lowest BCUT2D eigenvalue weighted by atomic mass is 10.2. The number of ether oxygens (including phenoxy) is 1. The number of nitriles is 1. The van der Waals surface area contributed by atoms with Crippen LogP contribution in [0.1, 0.15) is 21.7 Å². The Bertz CT molecular complexity index is 1210. The molecule has 0 bridgehead atoms. The minimum absolute atomic E-state index is 0.403. The summed E-state index contributed by atoms with van der Waals surface area (Å²) in [7, 11) is 1.34. The van der Waals surface area contributed by atoms with Crippen molar-refractivity contribution in [2.75, 3.05) is 12.4 Å². The highest BCUT2D eigenvalue weighted by Gasteiger charge is 2.18. The molecule has 3 heterocycles. The molecular weight excluding hydrogens is 356 g/mol. The van der Waals surface area contributed by atoms with Crippen LogP contribution in [0.15, 0.2) is 48.8 Å². The highest BCUT2D eigenvalue weighted by molar-refractivity contribution is 5.90. The Balaban J connectivity index is 1.88. The maximum absolute atomic E-state index is 12.0. The third-order valence-corrected chi connectivity index (χ3v) is 4.26. The SMILES string of the molecule is COC(=O)c1ccc2nc(-c3c[nH]c(C)n3)c(Nc3ccc(C#N)cc3)n2c1. The molecule has 0 saturated heterocycles. The number of nitrogens with zero attached hydrogens (tertiary/aromatic N) is 4. The van der Waals surface area contributed by atoms with Crippen molar-refractivity contribution < 1.29 is 9.53 Å². The molecule has 0 saturated carbocycles. The first-order valence-corrected chi connectivity index (χ1v) is 8.49. The van der Waals surface area contributed by atoms with Gasteiger partial charge in [0.05, 0.1) is 24.3 Å². The van der Waals surface area contributed by atoms with E-state index in [-0.39, 0.29) is 0 Å². The van der Waals surface area contributed by atoms with Crippen molar-refractivity contribution >= 4 is 23.1 Å². The Morgan fingerprint density at radius 3 is 2.64 bits per heavy atom. The molecule has 4 rings (SSSR count). The number of esters is 1. The average molecular weight is 372 g/mol. The third-order valence-electron chi connectivity index (χ3n) is 4.26. The summed E-state index contributed by atoms with van der Waals surface area (Å²) in [4.78, 5) is 24.2. The molecule has 2 N–H and O–H groups in total. The molecule has 0 spiro atoms. The highest BCUT2D eigenvalue weighted by Crippen LogP contribution is 2.30. The summed E-state index contributed by atoms with van der Waals surface area (Å²) in [5.74, 6) is 0.987. The normalized spacial score (nSPS) is 10.6. The van der Waals surface area contributed by atoms with Crippen LogP contribution in [0.2, 0.25) is 0 Å². The molecule has 0 aliphatic carbocycles. The van der Waals surface area contributed by atoms with Gasteiger partial charge in [0.15, 0.2) is 0 Å². The number of aryl methyl sites for hydroxylation is 1. The fourth-order valence-electron chi connectivity index (χ4n) is 2.89. The second kappa shape index (κ2) is 6.89. The van der Waals surface area contributed by atoms with Crippen LogP contribution in [0, 0.1) is 18.3 Å². The largest absolute Gasteiger partial charge is 0.465 e. The van der Waals surface area contributed by atoms with Gasteiger partial charge < -0.3 is 15.0 Å². The Hall–Kier alpha value is -4.12. The van der Waals surface area contributed by atoms with Crippen molar-refractivity contribution in [3.63, 3.8) is 0 Å². The van der Waals surface area contributed by atoms with Crippen LogP contribution >= 0.6 is 0 Å². The van der Waals surface area contributed by atoms with Gasteiger partial charge in [0, 0.05) is 18.1 Å². The van der Waals surface area contributed by atoms with Crippen LogP contribution in [0.3, 0.4) is 0 Å². The van der Waals surface area contributed by atoms with Gasteiger partial charge in [-0.15, -0.1) is 0 Å². The molecule has 0 aliphatic heterocycles. The summed E-state index contributed by atoms with van der Waals surface area (Å²) >= 11 is 0. The van der Waals surface area contributed by atoms with Crippen LogP contribution in [0.25, 0.3) is 17.0 Å². The lowest BCUT2D eigenvalue weighted by Crippen LogP contribution is -2.04. The average Bonchev–Trinajstić information content (AvgIpc) is 3.31. The van der Waals surface area contributed by atoms with Gasteiger partial charge in [-0.2, -0.15) is 5.26 Å². The van der Waals surface area contributed by atoms with Gasteiger partial charge in [-0.3, -0.25) is 4.40 Å². The number of benzene rings is 1. The number of nitrogens with one attached hydrogen (secondary N) is 2. The molecule has 3 aromatic heterocycles. The van der Waals surface area contributed by atoms with Crippen LogP contribution < -0.4 is 5.32 Å². The van der Waals surface area contributed by atoms with E-state index in [2.05, 4.69) is 26.3 Å². The van der Waals surface area contributed by atoms with Gasteiger partial charge in [0.2, 0.25) is 0 Å². The van der Waals surface area contributed by atoms with Crippen molar-refractivity contribution in [1.29, 1.82) is 5.26 Å². The lowest BCUT2D eigenvalue weighted by molar-refractivity contribution is 0.0600. The molecule has 4 aromatic rings. The van der Waals surface area contributed by atoms with Gasteiger partial charge in [0.1, 0.15) is 28.7 Å². The number of aromatic nitrogens is 4. The van der Waals surface area contributed by atoms with Gasteiger partial charge in [0.25, 0.3) is 0 Å². The van der Waals surface area contributed by atoms with Gasteiger partial charge in [-0.25, -0.2) is 14.8 Å². The summed E-state index contributed by atoms with van der Waals surface area (Å²) in [6.07, 6.45) is 3.45. The van der Waals surface area contributed by atoms with Crippen molar-refractivity contribution in [3.05, 3.63) is 65.7 Å². The van der Waals surface area contributed by atoms with E-state index in [0.29, 0.717) is 34.0 Å². The van der Waals surface area contributed by atoms with Crippen LogP contribution in [0.5, 0.6) is 0 Å². The summed E-state index contributed by atoms with van der Waals surface area (Å²) in [6.45, 7) is 1.86. The molecule has 138 valence electrons. The Morgan fingerprint density at radius 2 is 2.00 bits per heavy atom. The second-order valence-corrected chi connectivity index (χ2v) is 6.13. The number of H-pyrrole nitrogens is 1. The molecular formula is C20H16N6O2.